The smallest absolute Gasteiger partial charge is 0.141 e. The highest BCUT2D eigenvalue weighted by Crippen LogP contribution is 2.17. The van der Waals surface area contributed by atoms with Crippen LogP contribution in [0.1, 0.15) is 26.2 Å². The van der Waals surface area contributed by atoms with Gasteiger partial charge in [-0.3, -0.25) is 9.69 Å². The zero-order chi connectivity index (χ0) is 13.0. The molecule has 0 N–H and O–H groups in total. The molecule has 0 aromatic heterocycles. The van der Waals surface area contributed by atoms with Crippen molar-refractivity contribution in [1.29, 1.82) is 0 Å². The normalized spacial score (nSPS) is 32.4. The van der Waals surface area contributed by atoms with E-state index in [1.807, 2.05) is 0 Å². The molecule has 2 aliphatic heterocycles. The maximum absolute atomic E-state index is 11.9. The van der Waals surface area contributed by atoms with E-state index >= 15 is 0 Å². The number of ether oxygens (including phenoxy) is 1. The fourth-order valence-electron chi connectivity index (χ4n) is 3.05. The summed E-state index contributed by atoms with van der Waals surface area (Å²) in [5.41, 5.74) is 0. The average molecular weight is 254 g/mol. The van der Waals surface area contributed by atoms with E-state index in [1.54, 1.807) is 0 Å². The fourth-order valence-corrected chi connectivity index (χ4v) is 3.05. The fraction of sp³-hybridized carbons (Fsp3) is 0.929. The minimum atomic E-state index is 0.108. The highest BCUT2D eigenvalue weighted by Gasteiger charge is 2.29. The van der Waals surface area contributed by atoms with Crippen molar-refractivity contribution >= 4 is 5.78 Å². The SMILES string of the molecule is CCC1CN(C)CCCN1CC1COCCC1=O. The lowest BCUT2D eigenvalue weighted by Crippen LogP contribution is -2.45. The lowest BCUT2D eigenvalue weighted by molar-refractivity contribution is -0.131. The molecule has 2 saturated heterocycles. The molecule has 104 valence electrons. The van der Waals surface area contributed by atoms with Crippen molar-refractivity contribution in [2.45, 2.75) is 32.2 Å². The van der Waals surface area contributed by atoms with Gasteiger partial charge < -0.3 is 9.64 Å². The van der Waals surface area contributed by atoms with E-state index in [0.717, 1.165) is 26.1 Å². The predicted molar refractivity (Wildman–Crippen MR) is 71.7 cm³/mol. The Kier molecular flexibility index (Phi) is 5.15. The molecule has 0 aliphatic carbocycles. The van der Waals surface area contributed by atoms with Crippen LogP contribution in [0.3, 0.4) is 0 Å². The number of carbonyl (C=O) groups excluding carboxylic acids is 1. The summed E-state index contributed by atoms with van der Waals surface area (Å²) in [6, 6.07) is 0.590. The highest BCUT2D eigenvalue weighted by atomic mass is 16.5. The van der Waals surface area contributed by atoms with Gasteiger partial charge in [0.1, 0.15) is 5.78 Å². The summed E-state index contributed by atoms with van der Waals surface area (Å²) in [6.07, 6.45) is 2.97. The van der Waals surface area contributed by atoms with Gasteiger partial charge in [0.25, 0.3) is 0 Å². The lowest BCUT2D eigenvalue weighted by atomic mass is 9.99. The molecular weight excluding hydrogens is 228 g/mol. The number of ketones is 1. The van der Waals surface area contributed by atoms with E-state index in [2.05, 4.69) is 23.8 Å². The van der Waals surface area contributed by atoms with Gasteiger partial charge in [0.05, 0.1) is 19.1 Å². The molecular formula is C14H26N2O2. The van der Waals surface area contributed by atoms with E-state index in [1.165, 1.54) is 13.0 Å². The molecule has 0 aromatic carbocycles. The second-order valence-corrected chi connectivity index (χ2v) is 5.66. The maximum Gasteiger partial charge on any atom is 0.141 e. The van der Waals surface area contributed by atoms with E-state index in [-0.39, 0.29) is 5.92 Å². The molecule has 4 heteroatoms. The third kappa shape index (κ3) is 3.53. The van der Waals surface area contributed by atoms with E-state index < -0.39 is 0 Å². The lowest BCUT2D eigenvalue weighted by Gasteiger charge is -2.33. The van der Waals surface area contributed by atoms with Gasteiger partial charge in [0, 0.05) is 25.6 Å². The Bertz CT molecular complexity index is 283. The van der Waals surface area contributed by atoms with Gasteiger partial charge in [-0.1, -0.05) is 6.92 Å². The first-order valence-corrected chi connectivity index (χ1v) is 7.23. The predicted octanol–water partition coefficient (Wildman–Crippen LogP) is 1.01. The Balaban J connectivity index is 1.94. The van der Waals surface area contributed by atoms with Crippen molar-refractivity contribution in [3.05, 3.63) is 0 Å². The first-order chi connectivity index (χ1) is 8.70. The minimum absolute atomic E-state index is 0.108. The monoisotopic (exact) mass is 254 g/mol. The van der Waals surface area contributed by atoms with Crippen LogP contribution in [0, 0.1) is 5.92 Å². The quantitative estimate of drug-likeness (QED) is 0.752. The van der Waals surface area contributed by atoms with Crippen molar-refractivity contribution in [3.63, 3.8) is 0 Å². The Labute approximate surface area is 110 Å². The van der Waals surface area contributed by atoms with Gasteiger partial charge >= 0.3 is 0 Å². The summed E-state index contributed by atoms with van der Waals surface area (Å²) in [5.74, 6) is 0.505. The van der Waals surface area contributed by atoms with Crippen LogP contribution in [0.15, 0.2) is 0 Å². The molecule has 4 nitrogen and oxygen atoms in total. The Morgan fingerprint density at radius 3 is 2.94 bits per heavy atom. The van der Waals surface area contributed by atoms with Gasteiger partial charge in [-0.25, -0.2) is 0 Å². The molecule has 2 heterocycles. The molecule has 0 amide bonds. The molecule has 0 spiro atoms. The number of rotatable bonds is 3. The van der Waals surface area contributed by atoms with Crippen LogP contribution in [0.4, 0.5) is 0 Å². The molecule has 0 aromatic rings. The zero-order valence-corrected chi connectivity index (χ0v) is 11.7. The summed E-state index contributed by atoms with van der Waals surface area (Å²) < 4.78 is 5.46. The third-order valence-corrected chi connectivity index (χ3v) is 4.22. The molecule has 2 unspecified atom stereocenters. The van der Waals surface area contributed by atoms with Crippen LogP contribution >= 0.6 is 0 Å². The van der Waals surface area contributed by atoms with Crippen molar-refractivity contribution in [1.82, 2.24) is 9.80 Å². The Hall–Kier alpha value is -0.450. The molecule has 0 bridgehead atoms. The number of likely N-dealkylation sites (N-methyl/N-ethyl adjacent to an activating group) is 1. The van der Waals surface area contributed by atoms with Crippen molar-refractivity contribution < 1.29 is 9.53 Å². The number of Topliss-reactive ketones (excluding diaryl/α,β-unsaturated/α-hetero) is 1. The summed E-state index contributed by atoms with van der Waals surface area (Å²) in [5, 5.41) is 0. The van der Waals surface area contributed by atoms with Gasteiger partial charge in [-0.2, -0.15) is 0 Å². The number of hydrogen-bond donors (Lipinski definition) is 0. The van der Waals surface area contributed by atoms with Gasteiger partial charge in [0.15, 0.2) is 0 Å². The summed E-state index contributed by atoms with van der Waals surface area (Å²) in [6.45, 7) is 7.80. The van der Waals surface area contributed by atoms with Crippen LogP contribution in [-0.4, -0.2) is 68.1 Å². The molecule has 2 aliphatic rings. The van der Waals surface area contributed by atoms with Gasteiger partial charge in [0.2, 0.25) is 0 Å². The largest absolute Gasteiger partial charge is 0.380 e. The molecule has 18 heavy (non-hydrogen) atoms. The first kappa shape index (κ1) is 14.0. The van der Waals surface area contributed by atoms with Crippen LogP contribution in [0.2, 0.25) is 0 Å². The second kappa shape index (κ2) is 6.64. The average Bonchev–Trinajstić information content (AvgIpc) is 2.54. The van der Waals surface area contributed by atoms with E-state index in [0.29, 0.717) is 31.5 Å². The summed E-state index contributed by atoms with van der Waals surface area (Å²) in [4.78, 5) is 16.8. The molecule has 2 rings (SSSR count). The van der Waals surface area contributed by atoms with Crippen molar-refractivity contribution in [2.75, 3.05) is 46.4 Å². The minimum Gasteiger partial charge on any atom is -0.380 e. The van der Waals surface area contributed by atoms with E-state index in [4.69, 9.17) is 4.74 Å². The maximum atomic E-state index is 11.9. The first-order valence-electron chi connectivity index (χ1n) is 7.23. The molecule has 2 fully saturated rings. The number of hydrogen-bond acceptors (Lipinski definition) is 4. The van der Waals surface area contributed by atoms with Crippen LogP contribution in [0.5, 0.6) is 0 Å². The second-order valence-electron chi connectivity index (χ2n) is 5.66. The molecule has 2 atom stereocenters. The standard InChI is InChI=1S/C14H26N2O2/c1-3-13-10-15(2)6-4-7-16(13)9-12-11-18-8-5-14(12)17/h12-13H,3-11H2,1-2H3. The van der Waals surface area contributed by atoms with Crippen LogP contribution in [0.25, 0.3) is 0 Å². The number of nitrogens with zero attached hydrogens (tertiary/aromatic N) is 2. The van der Waals surface area contributed by atoms with Crippen molar-refractivity contribution in [3.8, 4) is 0 Å². The Morgan fingerprint density at radius 1 is 1.39 bits per heavy atom. The van der Waals surface area contributed by atoms with Crippen molar-refractivity contribution in [2.24, 2.45) is 5.92 Å². The Morgan fingerprint density at radius 2 is 2.22 bits per heavy atom. The third-order valence-electron chi connectivity index (χ3n) is 4.22. The molecule has 0 saturated carbocycles. The van der Waals surface area contributed by atoms with E-state index in [9.17, 15) is 4.79 Å². The van der Waals surface area contributed by atoms with Gasteiger partial charge in [-0.05, 0) is 33.0 Å². The van der Waals surface area contributed by atoms with Crippen LogP contribution in [-0.2, 0) is 9.53 Å². The zero-order valence-electron chi connectivity index (χ0n) is 11.7. The number of carbonyl (C=O) groups is 1. The van der Waals surface area contributed by atoms with Gasteiger partial charge in [-0.15, -0.1) is 0 Å². The van der Waals surface area contributed by atoms with Crippen LogP contribution < -0.4 is 0 Å². The summed E-state index contributed by atoms with van der Waals surface area (Å²) in [7, 11) is 2.20. The molecule has 0 radical (unpaired) electrons. The summed E-state index contributed by atoms with van der Waals surface area (Å²) >= 11 is 0. The highest BCUT2D eigenvalue weighted by molar-refractivity contribution is 5.82. The topological polar surface area (TPSA) is 32.8 Å².